The first kappa shape index (κ1) is 35.8. The first-order valence-electron chi connectivity index (χ1n) is 5.18. The van der Waals surface area contributed by atoms with Gasteiger partial charge in [0.25, 0.3) is 0 Å². The third-order valence-corrected chi connectivity index (χ3v) is 1.07. The molecular weight excluding hydrogens is 626 g/mol. The maximum Gasteiger partial charge on any atom is 0.0643 e. The molecule has 0 aromatic carbocycles. The SMILES string of the molecule is O=C([O-])/C=C\C(=O)[O-].O=C([O-])/C=C\C(=O)[O-].O=C([O-])/C=C\C(=O)[O-].[Pm].[Pm]. The van der Waals surface area contributed by atoms with Crippen LogP contribution in [0.15, 0.2) is 36.5 Å². The quantitative estimate of drug-likeness (QED) is 0.248. The van der Waals surface area contributed by atoms with Crippen molar-refractivity contribution < 1.29 is 140 Å². The molecule has 0 aromatic heterocycles. The second-order valence-electron chi connectivity index (χ2n) is 2.91. The Balaban J connectivity index is -0.0000000817. The number of aliphatic carboxylic acids is 6. The zero-order chi connectivity index (χ0) is 19.7. The standard InChI is InChI=1S/3C4H4O4.2Pm/c3*5-3(6)1-2-4(7)8;;/h3*1-2H,(H,5,6)(H,7,8);;/p-6/b3*2-1-;;. The molecule has 0 saturated heterocycles. The summed E-state index contributed by atoms with van der Waals surface area (Å²) in [4.78, 5) is 56.5. The molecule has 0 heterocycles. The van der Waals surface area contributed by atoms with Gasteiger partial charge in [-0.05, 0) is 36.5 Å². The van der Waals surface area contributed by atoms with E-state index in [1.807, 2.05) is 0 Å². The molecule has 0 N–H and O–H groups in total. The minimum atomic E-state index is -1.55. The fraction of sp³-hybridized carbons (Fsp3) is 0. The zero-order valence-corrected chi connectivity index (χ0v) is 18.0. The molecule has 0 bridgehead atoms. The molecule has 14 heteroatoms. The molecule has 0 saturated carbocycles. The monoisotopic (exact) mass is 632 g/mol. The van der Waals surface area contributed by atoms with E-state index in [4.69, 9.17) is 0 Å². The third-order valence-electron chi connectivity index (χ3n) is 1.07. The fourth-order valence-electron chi connectivity index (χ4n) is 0.408. The van der Waals surface area contributed by atoms with Crippen molar-refractivity contribution in [3.8, 4) is 0 Å². The van der Waals surface area contributed by atoms with Crippen LogP contribution in [0.2, 0.25) is 0 Å². The van der Waals surface area contributed by atoms with Gasteiger partial charge in [-0.2, -0.15) is 0 Å². The Morgan fingerprint density at radius 2 is 0.423 bits per heavy atom. The summed E-state index contributed by atoms with van der Waals surface area (Å²) in [5.41, 5.74) is 0. The molecule has 0 unspecified atom stereocenters. The third kappa shape index (κ3) is 56.9. The van der Waals surface area contributed by atoms with Gasteiger partial charge in [0, 0.05) is 80.8 Å². The molecule has 0 rings (SSSR count). The molecule has 0 atom stereocenters. The Labute approximate surface area is 210 Å². The van der Waals surface area contributed by atoms with Crippen LogP contribution < -0.4 is 30.6 Å². The normalized spacial score (nSPS) is 8.77. The molecule has 0 aliphatic carbocycles. The average Bonchev–Trinajstić information content (AvgIpc) is 2.42. The van der Waals surface area contributed by atoms with Crippen LogP contribution in [-0.4, -0.2) is 35.8 Å². The molecule has 26 heavy (non-hydrogen) atoms. The number of hydrogen-bond donors (Lipinski definition) is 0. The van der Waals surface area contributed by atoms with Crippen LogP contribution in [-0.2, 0) is 28.8 Å². The van der Waals surface area contributed by atoms with Crippen molar-refractivity contribution in [3.05, 3.63) is 36.5 Å². The molecule has 0 fully saturated rings. The smallest absolute Gasteiger partial charge is 0.0643 e. The van der Waals surface area contributed by atoms with Gasteiger partial charge in [0.2, 0.25) is 0 Å². The van der Waals surface area contributed by atoms with Gasteiger partial charge in [0.05, 0.1) is 35.8 Å². The number of rotatable bonds is 6. The molecule has 0 spiro atoms. The van der Waals surface area contributed by atoms with Gasteiger partial charge in [0.1, 0.15) is 0 Å². The van der Waals surface area contributed by atoms with E-state index < -0.39 is 35.8 Å². The summed E-state index contributed by atoms with van der Waals surface area (Å²) < 4.78 is 0. The van der Waals surface area contributed by atoms with Gasteiger partial charge in [-0.15, -0.1) is 0 Å². The van der Waals surface area contributed by atoms with Crippen LogP contribution in [0.25, 0.3) is 0 Å². The van der Waals surface area contributed by atoms with Gasteiger partial charge < -0.3 is 59.4 Å². The van der Waals surface area contributed by atoms with Crippen molar-refractivity contribution >= 4 is 35.8 Å². The molecule has 2 radical (unpaired) electrons. The van der Waals surface area contributed by atoms with E-state index in [0.29, 0.717) is 36.5 Å². The van der Waals surface area contributed by atoms with Gasteiger partial charge in [0.15, 0.2) is 0 Å². The van der Waals surface area contributed by atoms with E-state index in [2.05, 4.69) is 0 Å². The molecular formula is C12H6O12Pm2-6. The Morgan fingerprint density at radius 1 is 0.346 bits per heavy atom. The maximum atomic E-state index is 9.41. The van der Waals surface area contributed by atoms with Crippen molar-refractivity contribution in [2.45, 2.75) is 0 Å². The Morgan fingerprint density at radius 3 is 0.462 bits per heavy atom. The van der Waals surface area contributed by atoms with Crippen LogP contribution in [0.5, 0.6) is 0 Å². The molecule has 142 valence electrons. The minimum absolute atomic E-state index is 0. The van der Waals surface area contributed by atoms with E-state index in [1.165, 1.54) is 0 Å². The molecule has 0 aliphatic heterocycles. The Kier molecular flexibility index (Phi) is 32.6. The average molecular weight is 632 g/mol. The van der Waals surface area contributed by atoms with Gasteiger partial charge in [-0.1, -0.05) is 0 Å². The van der Waals surface area contributed by atoms with Crippen LogP contribution in [0.1, 0.15) is 0 Å². The van der Waals surface area contributed by atoms with Crippen molar-refractivity contribution in [1.29, 1.82) is 0 Å². The Bertz CT molecular complexity index is 448. The number of hydrogen-bond acceptors (Lipinski definition) is 12. The van der Waals surface area contributed by atoms with Crippen LogP contribution in [0, 0.1) is 80.8 Å². The molecule has 0 aromatic rings. The predicted octanol–water partition coefficient (Wildman–Crippen LogP) is -8.87. The maximum absolute atomic E-state index is 9.41. The van der Waals surface area contributed by atoms with E-state index in [9.17, 15) is 59.4 Å². The van der Waals surface area contributed by atoms with E-state index in [1.54, 1.807) is 0 Å². The summed E-state index contributed by atoms with van der Waals surface area (Å²) >= 11 is 0. The number of carbonyl (C=O) groups excluding carboxylic acids is 6. The Hall–Kier alpha value is -1.28. The van der Waals surface area contributed by atoms with Crippen LogP contribution >= 0.6 is 0 Å². The summed E-state index contributed by atoms with van der Waals surface area (Å²) in [7, 11) is 0. The summed E-state index contributed by atoms with van der Waals surface area (Å²) in [5, 5.41) is 56.5. The van der Waals surface area contributed by atoms with Gasteiger partial charge in [-0.3, -0.25) is 0 Å². The molecule has 12 nitrogen and oxygen atoms in total. The fourth-order valence-corrected chi connectivity index (χ4v) is 0.408. The minimum Gasteiger partial charge on any atom is -0.545 e. The zero-order valence-electron chi connectivity index (χ0n) is 12.3. The van der Waals surface area contributed by atoms with Crippen LogP contribution in [0.4, 0.5) is 0 Å². The summed E-state index contributed by atoms with van der Waals surface area (Å²) in [5.74, 6) is -9.28. The summed E-state index contributed by atoms with van der Waals surface area (Å²) in [6.07, 6.45) is 2.31. The van der Waals surface area contributed by atoms with E-state index >= 15 is 0 Å². The first-order valence-corrected chi connectivity index (χ1v) is 5.18. The van der Waals surface area contributed by atoms with Crippen molar-refractivity contribution in [1.82, 2.24) is 0 Å². The topological polar surface area (TPSA) is 241 Å². The van der Waals surface area contributed by atoms with Crippen molar-refractivity contribution in [2.24, 2.45) is 0 Å². The second-order valence-corrected chi connectivity index (χ2v) is 2.91. The van der Waals surface area contributed by atoms with Crippen LogP contribution in [0.3, 0.4) is 0 Å². The number of carboxylic acids is 6. The largest absolute Gasteiger partial charge is 0.545 e. The van der Waals surface area contributed by atoms with Gasteiger partial charge in [-0.25, -0.2) is 0 Å². The van der Waals surface area contributed by atoms with Crippen molar-refractivity contribution in [3.63, 3.8) is 0 Å². The number of carboxylic acid groups (broad SMARTS) is 6. The number of carbonyl (C=O) groups is 6. The molecule has 0 aliphatic rings. The predicted molar refractivity (Wildman–Crippen MR) is 57.5 cm³/mol. The van der Waals surface area contributed by atoms with Crippen molar-refractivity contribution in [2.75, 3.05) is 0 Å². The second kappa shape index (κ2) is 23.7. The summed E-state index contributed by atoms with van der Waals surface area (Å²) in [6.45, 7) is 0. The van der Waals surface area contributed by atoms with E-state index in [0.717, 1.165) is 0 Å². The summed E-state index contributed by atoms with van der Waals surface area (Å²) in [6, 6.07) is 0. The molecule has 0 amide bonds. The van der Waals surface area contributed by atoms with E-state index in [-0.39, 0.29) is 80.8 Å². The first-order chi connectivity index (χ1) is 10.9. The van der Waals surface area contributed by atoms with Gasteiger partial charge >= 0.3 is 0 Å².